The van der Waals surface area contributed by atoms with Gasteiger partial charge in [-0.2, -0.15) is 0 Å². The zero-order chi connectivity index (χ0) is 17.4. The molecule has 1 aliphatic heterocycles. The summed E-state index contributed by atoms with van der Waals surface area (Å²) in [4.78, 5) is 20.8. The first-order valence-electron chi connectivity index (χ1n) is 8.74. The Hall–Kier alpha value is -2.24. The first-order valence-corrected chi connectivity index (χ1v) is 8.74. The minimum absolute atomic E-state index is 0.155. The Labute approximate surface area is 144 Å². The number of para-hydroxylation sites is 1. The van der Waals surface area contributed by atoms with Crippen molar-refractivity contribution in [3.63, 3.8) is 0 Å². The maximum Gasteiger partial charge on any atom is 0.224 e. The lowest BCUT2D eigenvalue weighted by Gasteiger charge is -2.36. The summed E-state index contributed by atoms with van der Waals surface area (Å²) in [6.45, 7) is 7.85. The number of rotatable bonds is 6. The van der Waals surface area contributed by atoms with Gasteiger partial charge in [-0.25, -0.2) is 0 Å². The molecule has 132 valence electrons. The molecule has 0 radical (unpaired) electrons. The molecule has 0 spiro atoms. The fraction of sp³-hybridized carbons (Fsp3) is 0.556. The fourth-order valence-corrected chi connectivity index (χ4v) is 2.68. The Kier molecular flexibility index (Phi) is 6.90. The van der Waals surface area contributed by atoms with Gasteiger partial charge in [0.15, 0.2) is 5.96 Å². The van der Waals surface area contributed by atoms with Crippen LogP contribution in [0.2, 0.25) is 0 Å². The molecule has 1 unspecified atom stereocenters. The summed E-state index contributed by atoms with van der Waals surface area (Å²) < 4.78 is 0. The largest absolute Gasteiger partial charge is 0.370 e. The molecule has 0 saturated carbocycles. The average molecular weight is 331 g/mol. The third-order valence-corrected chi connectivity index (χ3v) is 4.37. The summed E-state index contributed by atoms with van der Waals surface area (Å²) in [6.07, 6.45) is 1.40. The molecule has 1 aromatic rings. The van der Waals surface area contributed by atoms with Gasteiger partial charge in [0.05, 0.1) is 6.54 Å². The number of nitrogens with one attached hydrogen (secondary N) is 1. The van der Waals surface area contributed by atoms with Crippen LogP contribution in [0.25, 0.3) is 0 Å². The van der Waals surface area contributed by atoms with Crippen molar-refractivity contribution in [1.29, 1.82) is 0 Å². The van der Waals surface area contributed by atoms with Crippen LogP contribution < -0.4 is 16.0 Å². The highest BCUT2D eigenvalue weighted by Gasteiger charge is 2.20. The van der Waals surface area contributed by atoms with Crippen LogP contribution in [0.5, 0.6) is 0 Å². The van der Waals surface area contributed by atoms with Crippen LogP contribution in [0.3, 0.4) is 0 Å². The molecule has 2 rings (SSSR count). The smallest absolute Gasteiger partial charge is 0.224 e. The SMILES string of the molecule is CCC(C)NC(N)=NCCC(=O)N1CCN(c2ccccc2)CC1. The second-order valence-corrected chi connectivity index (χ2v) is 6.17. The molecule has 1 saturated heterocycles. The maximum absolute atomic E-state index is 12.3. The van der Waals surface area contributed by atoms with E-state index >= 15 is 0 Å². The predicted octanol–water partition coefficient (Wildman–Crippen LogP) is 1.43. The van der Waals surface area contributed by atoms with Gasteiger partial charge in [-0.1, -0.05) is 25.1 Å². The van der Waals surface area contributed by atoms with E-state index in [1.54, 1.807) is 0 Å². The second-order valence-electron chi connectivity index (χ2n) is 6.17. The Morgan fingerprint density at radius 1 is 1.25 bits per heavy atom. The van der Waals surface area contributed by atoms with Crippen molar-refractivity contribution >= 4 is 17.6 Å². The van der Waals surface area contributed by atoms with Crippen LogP contribution in [0.1, 0.15) is 26.7 Å². The average Bonchev–Trinajstić information content (AvgIpc) is 2.62. The van der Waals surface area contributed by atoms with Gasteiger partial charge >= 0.3 is 0 Å². The zero-order valence-electron chi connectivity index (χ0n) is 14.7. The lowest BCUT2D eigenvalue weighted by molar-refractivity contribution is -0.131. The van der Waals surface area contributed by atoms with Crippen LogP contribution in [0, 0.1) is 0 Å². The van der Waals surface area contributed by atoms with Crippen molar-refractivity contribution in [3.05, 3.63) is 30.3 Å². The Morgan fingerprint density at radius 2 is 1.92 bits per heavy atom. The topological polar surface area (TPSA) is 74.0 Å². The molecule has 1 atom stereocenters. The molecule has 0 bridgehead atoms. The molecule has 1 heterocycles. The normalized spacial score (nSPS) is 16.8. The van der Waals surface area contributed by atoms with E-state index in [-0.39, 0.29) is 5.91 Å². The highest BCUT2D eigenvalue weighted by Crippen LogP contribution is 2.15. The standard InChI is InChI=1S/C18H29N5O/c1-3-15(2)21-18(19)20-10-9-17(24)23-13-11-22(12-14-23)16-7-5-4-6-8-16/h4-8,15H,3,9-14H2,1-2H3,(H3,19,20,21). The first kappa shape index (κ1) is 18.1. The molecule has 1 aromatic carbocycles. The third-order valence-electron chi connectivity index (χ3n) is 4.37. The Morgan fingerprint density at radius 3 is 2.54 bits per heavy atom. The summed E-state index contributed by atoms with van der Waals surface area (Å²) >= 11 is 0. The van der Waals surface area contributed by atoms with Crippen LogP contribution in [-0.2, 0) is 4.79 Å². The highest BCUT2D eigenvalue weighted by molar-refractivity contribution is 5.79. The maximum atomic E-state index is 12.3. The fourth-order valence-electron chi connectivity index (χ4n) is 2.68. The minimum Gasteiger partial charge on any atom is -0.370 e. The summed E-state index contributed by atoms with van der Waals surface area (Å²) in [5.41, 5.74) is 7.03. The molecule has 0 aliphatic carbocycles. The van der Waals surface area contributed by atoms with Gasteiger partial charge in [0.2, 0.25) is 5.91 Å². The van der Waals surface area contributed by atoms with E-state index in [4.69, 9.17) is 5.73 Å². The van der Waals surface area contributed by atoms with Gasteiger partial charge in [-0.15, -0.1) is 0 Å². The number of benzene rings is 1. The number of anilines is 1. The van der Waals surface area contributed by atoms with E-state index in [2.05, 4.69) is 41.2 Å². The molecule has 0 aromatic heterocycles. The van der Waals surface area contributed by atoms with Crippen molar-refractivity contribution < 1.29 is 4.79 Å². The van der Waals surface area contributed by atoms with Crippen LogP contribution >= 0.6 is 0 Å². The van der Waals surface area contributed by atoms with Gasteiger partial charge in [-0.05, 0) is 25.5 Å². The molecule has 1 amide bonds. The molecular formula is C18H29N5O. The minimum atomic E-state index is 0.155. The van der Waals surface area contributed by atoms with E-state index in [9.17, 15) is 4.79 Å². The Bertz CT molecular complexity index is 538. The number of piperazine rings is 1. The molecular weight excluding hydrogens is 302 g/mol. The Balaban J connectivity index is 1.72. The van der Waals surface area contributed by atoms with E-state index < -0.39 is 0 Å². The van der Waals surface area contributed by atoms with Crippen molar-refractivity contribution in [1.82, 2.24) is 10.2 Å². The number of guanidine groups is 1. The van der Waals surface area contributed by atoms with Crippen LogP contribution in [0.4, 0.5) is 5.69 Å². The number of carbonyl (C=O) groups is 1. The van der Waals surface area contributed by atoms with Gasteiger partial charge < -0.3 is 20.9 Å². The van der Waals surface area contributed by atoms with Crippen LogP contribution in [0.15, 0.2) is 35.3 Å². The highest BCUT2D eigenvalue weighted by atomic mass is 16.2. The number of nitrogens with zero attached hydrogens (tertiary/aromatic N) is 3. The predicted molar refractivity (Wildman–Crippen MR) is 99.2 cm³/mol. The zero-order valence-corrected chi connectivity index (χ0v) is 14.7. The van der Waals surface area contributed by atoms with Crippen molar-refractivity contribution in [2.75, 3.05) is 37.6 Å². The van der Waals surface area contributed by atoms with Gasteiger partial charge in [-0.3, -0.25) is 9.79 Å². The van der Waals surface area contributed by atoms with Crippen molar-refractivity contribution in [2.45, 2.75) is 32.7 Å². The van der Waals surface area contributed by atoms with E-state index in [0.29, 0.717) is 25.0 Å². The molecule has 6 heteroatoms. The summed E-state index contributed by atoms with van der Waals surface area (Å²) in [5.74, 6) is 0.578. The number of aliphatic imine (C=N–C) groups is 1. The first-order chi connectivity index (χ1) is 11.6. The second kappa shape index (κ2) is 9.15. The molecule has 6 nitrogen and oxygen atoms in total. The van der Waals surface area contributed by atoms with Gasteiger partial charge in [0, 0.05) is 44.3 Å². The molecule has 1 aliphatic rings. The van der Waals surface area contributed by atoms with E-state index in [1.165, 1.54) is 5.69 Å². The molecule has 24 heavy (non-hydrogen) atoms. The van der Waals surface area contributed by atoms with Crippen LogP contribution in [-0.4, -0.2) is 55.5 Å². The quantitative estimate of drug-likeness (QED) is 0.611. The molecule has 1 fully saturated rings. The van der Waals surface area contributed by atoms with Crippen molar-refractivity contribution in [2.24, 2.45) is 10.7 Å². The van der Waals surface area contributed by atoms with E-state index in [1.807, 2.05) is 23.1 Å². The van der Waals surface area contributed by atoms with Gasteiger partial charge in [0.25, 0.3) is 0 Å². The number of nitrogens with two attached hydrogens (primary N) is 1. The summed E-state index contributed by atoms with van der Waals surface area (Å²) in [5, 5.41) is 3.10. The number of amides is 1. The lowest BCUT2D eigenvalue weighted by Crippen LogP contribution is -2.49. The molecule has 3 N–H and O–H groups in total. The lowest BCUT2D eigenvalue weighted by atomic mass is 10.2. The number of hydrogen-bond donors (Lipinski definition) is 2. The van der Waals surface area contributed by atoms with Crippen molar-refractivity contribution in [3.8, 4) is 0 Å². The third kappa shape index (κ3) is 5.44. The van der Waals surface area contributed by atoms with Gasteiger partial charge in [0.1, 0.15) is 0 Å². The number of carbonyl (C=O) groups excluding carboxylic acids is 1. The van der Waals surface area contributed by atoms with E-state index in [0.717, 1.165) is 32.6 Å². The number of hydrogen-bond acceptors (Lipinski definition) is 3. The summed E-state index contributed by atoms with van der Waals surface area (Å²) in [7, 11) is 0. The summed E-state index contributed by atoms with van der Waals surface area (Å²) in [6, 6.07) is 10.6. The monoisotopic (exact) mass is 331 g/mol.